The Morgan fingerprint density at radius 1 is 1.38 bits per heavy atom. The molecule has 7 heteroatoms. The van der Waals surface area contributed by atoms with Gasteiger partial charge in [-0.05, 0) is 53.9 Å². The molecule has 1 N–H and O–H groups in total. The molecule has 0 aliphatic heterocycles. The number of aliphatic hydroxyl groups excluding tert-OH is 1. The van der Waals surface area contributed by atoms with Crippen LogP contribution in [0.5, 0.6) is 0 Å². The van der Waals surface area contributed by atoms with Crippen molar-refractivity contribution < 1.29 is 9.52 Å². The summed E-state index contributed by atoms with van der Waals surface area (Å²) in [6.45, 7) is 0. The third-order valence-electron chi connectivity index (χ3n) is 2.13. The molecular weight excluding hydrogens is 408 g/mol. The zero-order valence-electron chi connectivity index (χ0n) is 8.12. The summed E-state index contributed by atoms with van der Waals surface area (Å²) < 4.78 is 9.02. The van der Waals surface area contributed by atoms with Gasteiger partial charge in [-0.25, -0.2) is 0 Å². The summed E-state index contributed by atoms with van der Waals surface area (Å²) >= 11 is 9.86. The minimum Gasteiger partial charge on any atom is -0.450 e. The Morgan fingerprint density at radius 3 is 2.50 bits per heavy atom. The van der Waals surface area contributed by atoms with E-state index in [2.05, 4.69) is 52.9 Å². The quantitative estimate of drug-likeness (QED) is 0.819. The Bertz CT molecular complexity index is 482. The summed E-state index contributed by atoms with van der Waals surface area (Å²) in [7, 11) is 1.76. The molecule has 0 amide bonds. The van der Waals surface area contributed by atoms with Gasteiger partial charge < -0.3 is 9.52 Å². The van der Waals surface area contributed by atoms with Crippen LogP contribution in [0, 0.1) is 0 Å². The van der Waals surface area contributed by atoms with Crippen molar-refractivity contribution in [3.8, 4) is 0 Å². The molecule has 0 aromatic carbocycles. The van der Waals surface area contributed by atoms with E-state index in [-0.39, 0.29) is 0 Å². The van der Waals surface area contributed by atoms with Crippen LogP contribution in [0.4, 0.5) is 0 Å². The van der Waals surface area contributed by atoms with E-state index >= 15 is 0 Å². The summed E-state index contributed by atoms with van der Waals surface area (Å²) in [5.41, 5.74) is 0.647. The summed E-state index contributed by atoms with van der Waals surface area (Å²) in [5, 5.41) is 14.2. The van der Waals surface area contributed by atoms with Crippen LogP contribution in [0.25, 0.3) is 0 Å². The van der Waals surface area contributed by atoms with Gasteiger partial charge in [0.2, 0.25) is 0 Å². The average molecular weight is 415 g/mol. The first kappa shape index (κ1) is 12.3. The maximum Gasteiger partial charge on any atom is 0.183 e. The monoisotopic (exact) mass is 412 g/mol. The number of aryl methyl sites for hydroxylation is 1. The summed E-state index contributed by atoms with van der Waals surface area (Å²) in [5.74, 6) is 0.447. The molecule has 2 rings (SSSR count). The molecule has 1 unspecified atom stereocenters. The van der Waals surface area contributed by atoms with Crippen molar-refractivity contribution >= 4 is 47.8 Å². The molecular formula is C9H7Br3N2O2. The van der Waals surface area contributed by atoms with Crippen molar-refractivity contribution in [3.05, 3.63) is 37.3 Å². The zero-order chi connectivity index (χ0) is 11.9. The topological polar surface area (TPSA) is 51.2 Å². The van der Waals surface area contributed by atoms with Crippen molar-refractivity contribution in [3.63, 3.8) is 0 Å². The summed E-state index contributed by atoms with van der Waals surface area (Å²) in [6.07, 6.45) is 0.774. The van der Waals surface area contributed by atoms with Gasteiger partial charge in [0.15, 0.2) is 10.8 Å². The Kier molecular flexibility index (Phi) is 3.58. The number of hydrogen-bond donors (Lipinski definition) is 1. The molecule has 0 aliphatic carbocycles. The number of furan rings is 1. The van der Waals surface area contributed by atoms with Crippen molar-refractivity contribution in [1.82, 2.24) is 9.78 Å². The highest BCUT2D eigenvalue weighted by atomic mass is 79.9. The standard InChI is InChI=1S/C9H7Br3N2O2/c1-14-7(5(11)3-13-14)8(15)6-2-4(10)9(12)16-6/h2-3,8,15H,1H3. The molecule has 2 aromatic rings. The lowest BCUT2D eigenvalue weighted by Gasteiger charge is -2.08. The molecule has 0 saturated carbocycles. The van der Waals surface area contributed by atoms with Gasteiger partial charge in [0.25, 0.3) is 0 Å². The Hall–Kier alpha value is -0.110. The molecule has 86 valence electrons. The number of hydrogen-bond acceptors (Lipinski definition) is 3. The summed E-state index contributed by atoms with van der Waals surface area (Å²) in [6, 6.07) is 1.72. The minimum atomic E-state index is -0.857. The molecule has 0 radical (unpaired) electrons. The largest absolute Gasteiger partial charge is 0.450 e. The van der Waals surface area contributed by atoms with E-state index in [9.17, 15) is 5.11 Å². The van der Waals surface area contributed by atoms with Crippen LogP contribution in [0.15, 0.2) is 30.3 Å². The smallest absolute Gasteiger partial charge is 0.183 e. The second kappa shape index (κ2) is 4.64. The molecule has 2 heterocycles. The lowest BCUT2D eigenvalue weighted by atomic mass is 10.2. The highest BCUT2D eigenvalue weighted by Crippen LogP contribution is 2.34. The second-order valence-electron chi connectivity index (χ2n) is 3.17. The minimum absolute atomic E-state index is 0.447. The van der Waals surface area contributed by atoms with Gasteiger partial charge in [-0.2, -0.15) is 5.10 Å². The van der Waals surface area contributed by atoms with E-state index < -0.39 is 6.10 Å². The van der Waals surface area contributed by atoms with Gasteiger partial charge in [0.05, 0.1) is 20.8 Å². The van der Waals surface area contributed by atoms with Crippen LogP contribution >= 0.6 is 47.8 Å². The van der Waals surface area contributed by atoms with Crippen LogP contribution in [0.2, 0.25) is 0 Å². The molecule has 0 aliphatic rings. The highest BCUT2D eigenvalue weighted by molar-refractivity contribution is 9.13. The fraction of sp³-hybridized carbons (Fsp3) is 0.222. The predicted octanol–water partition coefficient (Wildman–Crippen LogP) is 3.38. The molecule has 1 atom stereocenters. The van der Waals surface area contributed by atoms with E-state index in [1.54, 1.807) is 24.0 Å². The Balaban J connectivity index is 2.42. The van der Waals surface area contributed by atoms with Crippen molar-refractivity contribution in [1.29, 1.82) is 0 Å². The van der Waals surface area contributed by atoms with Crippen LogP contribution in [-0.2, 0) is 7.05 Å². The molecule has 2 aromatic heterocycles. The van der Waals surface area contributed by atoms with Crippen LogP contribution in [0.1, 0.15) is 17.6 Å². The second-order valence-corrected chi connectivity index (χ2v) is 5.60. The van der Waals surface area contributed by atoms with E-state index in [4.69, 9.17) is 4.42 Å². The molecule has 0 fully saturated rings. The first-order chi connectivity index (χ1) is 7.50. The SMILES string of the molecule is Cn1ncc(Br)c1C(O)c1cc(Br)c(Br)o1. The van der Waals surface area contributed by atoms with Gasteiger partial charge in [0, 0.05) is 7.05 Å². The van der Waals surface area contributed by atoms with Gasteiger partial charge in [-0.3, -0.25) is 4.68 Å². The number of aromatic nitrogens is 2. The fourth-order valence-corrected chi connectivity index (χ4v) is 2.53. The third-order valence-corrected chi connectivity index (χ3v) is 4.45. The third kappa shape index (κ3) is 2.13. The Morgan fingerprint density at radius 2 is 2.06 bits per heavy atom. The maximum absolute atomic E-state index is 10.2. The fourth-order valence-electron chi connectivity index (χ4n) is 1.36. The molecule has 0 bridgehead atoms. The normalized spacial score (nSPS) is 13.1. The Labute approximate surface area is 117 Å². The van der Waals surface area contributed by atoms with Crippen LogP contribution in [0.3, 0.4) is 0 Å². The molecule has 0 spiro atoms. The van der Waals surface area contributed by atoms with E-state index in [0.717, 1.165) is 8.95 Å². The molecule has 0 saturated heterocycles. The highest BCUT2D eigenvalue weighted by Gasteiger charge is 2.22. The predicted molar refractivity (Wildman–Crippen MR) is 69.1 cm³/mol. The number of halogens is 3. The summed E-state index contributed by atoms with van der Waals surface area (Å²) in [4.78, 5) is 0. The average Bonchev–Trinajstić information content (AvgIpc) is 2.72. The van der Waals surface area contributed by atoms with Gasteiger partial charge in [-0.15, -0.1) is 0 Å². The molecule has 16 heavy (non-hydrogen) atoms. The lowest BCUT2D eigenvalue weighted by Crippen LogP contribution is -2.06. The van der Waals surface area contributed by atoms with E-state index in [1.165, 1.54) is 0 Å². The zero-order valence-corrected chi connectivity index (χ0v) is 12.9. The van der Waals surface area contributed by atoms with Crippen LogP contribution < -0.4 is 0 Å². The number of rotatable bonds is 2. The lowest BCUT2D eigenvalue weighted by molar-refractivity contribution is 0.177. The van der Waals surface area contributed by atoms with Gasteiger partial charge in [0.1, 0.15) is 5.76 Å². The van der Waals surface area contributed by atoms with Crippen molar-refractivity contribution in [2.45, 2.75) is 6.10 Å². The van der Waals surface area contributed by atoms with Gasteiger partial charge >= 0.3 is 0 Å². The van der Waals surface area contributed by atoms with Crippen molar-refractivity contribution in [2.75, 3.05) is 0 Å². The van der Waals surface area contributed by atoms with Crippen LogP contribution in [-0.4, -0.2) is 14.9 Å². The van der Waals surface area contributed by atoms with E-state index in [1.807, 2.05) is 0 Å². The molecule has 4 nitrogen and oxygen atoms in total. The number of aliphatic hydroxyl groups is 1. The van der Waals surface area contributed by atoms with Crippen molar-refractivity contribution in [2.24, 2.45) is 7.05 Å². The first-order valence-electron chi connectivity index (χ1n) is 4.31. The maximum atomic E-state index is 10.2. The van der Waals surface area contributed by atoms with E-state index in [0.29, 0.717) is 16.1 Å². The van der Waals surface area contributed by atoms with Gasteiger partial charge in [-0.1, -0.05) is 0 Å². The first-order valence-corrected chi connectivity index (χ1v) is 6.68. The number of nitrogens with zero attached hydrogens (tertiary/aromatic N) is 2.